The van der Waals surface area contributed by atoms with Gasteiger partial charge in [-0.05, 0) is 0 Å². The Kier molecular flexibility index (Phi) is 5.61. The van der Waals surface area contributed by atoms with Gasteiger partial charge in [0.1, 0.15) is 36.6 Å². The molecule has 0 atom stereocenters. The monoisotopic (exact) mass is 222 g/mol. The van der Waals surface area contributed by atoms with E-state index in [4.69, 9.17) is 30.6 Å². The van der Waals surface area contributed by atoms with E-state index >= 15 is 0 Å². The van der Waals surface area contributed by atoms with Gasteiger partial charge in [0.05, 0.1) is 0 Å². The third-order valence-electron chi connectivity index (χ3n) is 2.10. The van der Waals surface area contributed by atoms with Crippen molar-refractivity contribution in [3.63, 3.8) is 0 Å². The van der Waals surface area contributed by atoms with E-state index in [0.29, 0.717) is 0 Å². The molecule has 0 spiro atoms. The van der Waals surface area contributed by atoms with E-state index < -0.39 is 36.6 Å². The zero-order valence-corrected chi connectivity index (χ0v) is 9.06. The molecule has 0 aromatic carbocycles. The number of hydrogen-bond donors (Lipinski definition) is 6. The molecule has 0 bridgehead atoms. The third-order valence-corrected chi connectivity index (χ3v) is 2.10. The van der Waals surface area contributed by atoms with Crippen LogP contribution in [0.2, 0.25) is 0 Å². The summed E-state index contributed by atoms with van der Waals surface area (Å²) in [6.07, 6.45) is -9.84. The van der Waals surface area contributed by atoms with E-state index in [1.165, 1.54) is 0 Å². The summed E-state index contributed by atoms with van der Waals surface area (Å²) in [6.45, 7) is 0. The average Bonchev–Trinajstić information content (AvgIpc) is 2.08. The topological polar surface area (TPSA) is 121 Å². The number of aliphatic hydroxyl groups is 6. The molecule has 7 heteroatoms. The molecule has 0 amide bonds. The van der Waals surface area contributed by atoms with Gasteiger partial charge in [0.15, 0.2) is 0 Å². The molecule has 0 radical (unpaired) electrons. The molecular formula is C6H14CaO6. The zero-order valence-electron chi connectivity index (χ0n) is 8.85. The summed E-state index contributed by atoms with van der Waals surface area (Å²) in [5, 5.41) is 53.8. The average molecular weight is 222 g/mol. The van der Waals surface area contributed by atoms with Gasteiger partial charge in [-0.2, -0.15) is 0 Å². The first-order chi connectivity index (χ1) is 5.46. The van der Waals surface area contributed by atoms with Crippen LogP contribution in [0.4, 0.5) is 0 Å². The van der Waals surface area contributed by atoms with Crippen molar-refractivity contribution >= 4 is 37.7 Å². The Morgan fingerprint density at radius 3 is 0.615 bits per heavy atom. The first-order valence-electron chi connectivity index (χ1n) is 3.55. The first-order valence-corrected chi connectivity index (χ1v) is 3.55. The summed E-state index contributed by atoms with van der Waals surface area (Å²) in [6, 6.07) is 0. The number of hydrogen-bond acceptors (Lipinski definition) is 6. The summed E-state index contributed by atoms with van der Waals surface area (Å²) in [5.41, 5.74) is 0. The van der Waals surface area contributed by atoms with E-state index in [0.717, 1.165) is 0 Å². The molecule has 1 aliphatic carbocycles. The van der Waals surface area contributed by atoms with Gasteiger partial charge >= 0.3 is 37.7 Å². The van der Waals surface area contributed by atoms with Crippen LogP contribution >= 0.6 is 0 Å². The van der Waals surface area contributed by atoms with Crippen molar-refractivity contribution in [2.45, 2.75) is 36.6 Å². The van der Waals surface area contributed by atoms with Gasteiger partial charge in [-0.1, -0.05) is 0 Å². The van der Waals surface area contributed by atoms with Crippen molar-refractivity contribution in [1.29, 1.82) is 0 Å². The van der Waals surface area contributed by atoms with E-state index in [-0.39, 0.29) is 40.6 Å². The Hall–Kier alpha value is 1.02. The first kappa shape index (κ1) is 14.0. The predicted octanol–water partition coefficient (Wildman–Crippen LogP) is -3.99. The Bertz CT molecular complexity index is 117. The van der Waals surface area contributed by atoms with Crippen LogP contribution < -0.4 is 0 Å². The van der Waals surface area contributed by atoms with E-state index in [2.05, 4.69) is 0 Å². The molecule has 0 unspecified atom stereocenters. The van der Waals surface area contributed by atoms with Crippen molar-refractivity contribution in [2.75, 3.05) is 0 Å². The van der Waals surface area contributed by atoms with Crippen LogP contribution in [0.1, 0.15) is 2.85 Å². The van der Waals surface area contributed by atoms with Crippen LogP contribution in [0.3, 0.4) is 0 Å². The van der Waals surface area contributed by atoms with E-state index in [9.17, 15) is 0 Å². The Balaban J connectivity index is -0.000000480. The van der Waals surface area contributed by atoms with Crippen LogP contribution in [0.5, 0.6) is 0 Å². The summed E-state index contributed by atoms with van der Waals surface area (Å²) in [5.74, 6) is 0. The van der Waals surface area contributed by atoms with Crippen LogP contribution in [0.15, 0.2) is 0 Å². The zero-order chi connectivity index (χ0) is 9.46. The fraction of sp³-hybridized carbons (Fsp3) is 1.00. The Morgan fingerprint density at radius 1 is 0.462 bits per heavy atom. The summed E-state index contributed by atoms with van der Waals surface area (Å²) in [4.78, 5) is 0. The largest absolute Gasteiger partial charge is 2.00 e. The fourth-order valence-electron chi connectivity index (χ4n) is 1.21. The van der Waals surface area contributed by atoms with Gasteiger partial charge in [0.2, 0.25) is 0 Å². The van der Waals surface area contributed by atoms with Gasteiger partial charge < -0.3 is 33.5 Å². The molecule has 0 aromatic heterocycles. The molecule has 6 N–H and O–H groups in total. The second-order valence-electron chi connectivity index (χ2n) is 2.94. The molecule has 1 rings (SSSR count). The smallest absolute Gasteiger partial charge is 1.00 e. The maximum absolute atomic E-state index is 8.97. The molecule has 0 heterocycles. The van der Waals surface area contributed by atoms with Crippen LogP contribution in [0.25, 0.3) is 0 Å². The summed E-state index contributed by atoms with van der Waals surface area (Å²) < 4.78 is 0. The van der Waals surface area contributed by atoms with Crippen LogP contribution in [-0.4, -0.2) is 105 Å². The molecular weight excluding hydrogens is 208 g/mol. The second kappa shape index (κ2) is 5.20. The van der Waals surface area contributed by atoms with Gasteiger partial charge in [0.25, 0.3) is 0 Å². The van der Waals surface area contributed by atoms with Crippen molar-refractivity contribution in [3.8, 4) is 0 Å². The van der Waals surface area contributed by atoms with E-state index in [1.807, 2.05) is 0 Å². The minimum absolute atomic E-state index is 0. The third kappa shape index (κ3) is 2.53. The van der Waals surface area contributed by atoms with Crippen molar-refractivity contribution < 1.29 is 33.5 Å². The van der Waals surface area contributed by atoms with Crippen molar-refractivity contribution in [3.05, 3.63) is 0 Å². The van der Waals surface area contributed by atoms with Crippen LogP contribution in [-0.2, 0) is 0 Å². The molecule has 0 saturated heterocycles. The molecule has 1 saturated carbocycles. The molecule has 1 aliphatic rings. The molecule has 0 aromatic rings. The summed E-state index contributed by atoms with van der Waals surface area (Å²) >= 11 is 0. The molecule has 1 fully saturated rings. The molecule has 13 heavy (non-hydrogen) atoms. The maximum Gasteiger partial charge on any atom is 2.00 e. The van der Waals surface area contributed by atoms with Crippen molar-refractivity contribution in [2.24, 2.45) is 0 Å². The quantitative estimate of drug-likeness (QED) is 0.232. The maximum atomic E-state index is 8.97. The van der Waals surface area contributed by atoms with Gasteiger partial charge in [-0.15, -0.1) is 0 Å². The summed E-state index contributed by atoms with van der Waals surface area (Å²) in [7, 11) is 0. The van der Waals surface area contributed by atoms with Gasteiger partial charge in [-0.3, -0.25) is 0 Å². The minimum Gasteiger partial charge on any atom is -1.00 e. The normalized spacial score (nSPS) is 51.2. The number of rotatable bonds is 0. The molecule has 0 aliphatic heterocycles. The minimum atomic E-state index is -1.64. The molecule has 6 nitrogen and oxygen atoms in total. The van der Waals surface area contributed by atoms with Crippen molar-refractivity contribution in [1.82, 2.24) is 0 Å². The second-order valence-corrected chi connectivity index (χ2v) is 2.94. The number of aliphatic hydroxyl groups excluding tert-OH is 6. The standard InChI is InChI=1S/C6H12O6.Ca.2H/c7-1-2(8)4(10)6(12)5(11)3(1)9;;;/h1-12H;;;/q;+2;2*-1. The van der Waals surface area contributed by atoms with Crippen LogP contribution in [0, 0.1) is 0 Å². The SMILES string of the molecule is OC1C(O)C(O)C(O)C(O)C1O.[Ca+2].[H-].[H-]. The van der Waals surface area contributed by atoms with Gasteiger partial charge in [-0.25, -0.2) is 0 Å². The predicted molar refractivity (Wildman–Crippen MR) is 44.0 cm³/mol. The Morgan fingerprint density at radius 2 is 0.538 bits per heavy atom. The van der Waals surface area contributed by atoms with Gasteiger partial charge in [0, 0.05) is 0 Å². The Labute approximate surface area is 107 Å². The fourth-order valence-corrected chi connectivity index (χ4v) is 1.21. The molecule has 76 valence electrons. The van der Waals surface area contributed by atoms with E-state index in [1.54, 1.807) is 0 Å².